The maximum absolute atomic E-state index is 13.5. The molecule has 0 aliphatic heterocycles. The Balaban J connectivity index is 2.03. The SMILES string of the molecule is CCOc1ncccc1C(=O)O[C@@H](C)C(=O)Nc1ccccc1F. The lowest BCUT2D eigenvalue weighted by Crippen LogP contribution is -2.30. The molecule has 1 atom stereocenters. The normalized spacial score (nSPS) is 11.5. The number of aromatic nitrogens is 1. The van der Waals surface area contributed by atoms with Crippen LogP contribution in [0.25, 0.3) is 0 Å². The Kier molecular flexibility index (Phi) is 5.83. The van der Waals surface area contributed by atoms with E-state index in [1.54, 1.807) is 19.1 Å². The Morgan fingerprint density at radius 2 is 2.00 bits per heavy atom. The predicted molar refractivity (Wildman–Crippen MR) is 85.3 cm³/mol. The van der Waals surface area contributed by atoms with Gasteiger partial charge in [-0.1, -0.05) is 12.1 Å². The number of para-hydroxylation sites is 1. The summed E-state index contributed by atoms with van der Waals surface area (Å²) < 4.78 is 23.9. The van der Waals surface area contributed by atoms with E-state index < -0.39 is 23.8 Å². The summed E-state index contributed by atoms with van der Waals surface area (Å²) in [7, 11) is 0. The highest BCUT2D eigenvalue weighted by Crippen LogP contribution is 2.17. The number of nitrogens with zero attached hydrogens (tertiary/aromatic N) is 1. The molecule has 0 fully saturated rings. The van der Waals surface area contributed by atoms with E-state index in [2.05, 4.69) is 10.3 Å². The summed E-state index contributed by atoms with van der Waals surface area (Å²) in [6, 6.07) is 8.77. The molecule has 126 valence electrons. The van der Waals surface area contributed by atoms with Crippen LogP contribution in [0.3, 0.4) is 0 Å². The van der Waals surface area contributed by atoms with Gasteiger partial charge in [0.1, 0.15) is 11.4 Å². The highest BCUT2D eigenvalue weighted by molar-refractivity contribution is 5.98. The number of pyridine rings is 1. The second kappa shape index (κ2) is 8.05. The van der Waals surface area contributed by atoms with Crippen molar-refractivity contribution in [1.29, 1.82) is 0 Å². The van der Waals surface area contributed by atoms with Gasteiger partial charge in [-0.15, -0.1) is 0 Å². The summed E-state index contributed by atoms with van der Waals surface area (Å²) in [6.07, 6.45) is 0.364. The van der Waals surface area contributed by atoms with Gasteiger partial charge in [0.25, 0.3) is 5.91 Å². The molecule has 7 heteroatoms. The molecule has 1 amide bonds. The molecule has 1 aromatic carbocycles. The zero-order valence-electron chi connectivity index (χ0n) is 13.3. The highest BCUT2D eigenvalue weighted by atomic mass is 19.1. The van der Waals surface area contributed by atoms with Crippen LogP contribution in [-0.4, -0.2) is 29.6 Å². The third kappa shape index (κ3) is 4.28. The molecule has 2 aromatic rings. The lowest BCUT2D eigenvalue weighted by molar-refractivity contribution is -0.123. The van der Waals surface area contributed by atoms with Crippen LogP contribution in [0.4, 0.5) is 10.1 Å². The van der Waals surface area contributed by atoms with E-state index in [-0.39, 0.29) is 17.1 Å². The minimum atomic E-state index is -1.12. The Morgan fingerprint density at radius 1 is 1.25 bits per heavy atom. The molecule has 0 radical (unpaired) electrons. The maximum Gasteiger partial charge on any atom is 0.344 e. The molecule has 24 heavy (non-hydrogen) atoms. The first-order chi connectivity index (χ1) is 11.5. The van der Waals surface area contributed by atoms with E-state index in [0.29, 0.717) is 6.61 Å². The molecule has 0 bridgehead atoms. The molecule has 6 nitrogen and oxygen atoms in total. The fourth-order valence-electron chi connectivity index (χ4n) is 1.87. The number of halogens is 1. The Hall–Kier alpha value is -2.96. The van der Waals surface area contributed by atoms with Crippen LogP contribution < -0.4 is 10.1 Å². The Labute approximate surface area is 138 Å². The maximum atomic E-state index is 13.5. The molecule has 1 N–H and O–H groups in total. The number of nitrogens with one attached hydrogen (secondary N) is 1. The van der Waals surface area contributed by atoms with Gasteiger partial charge in [-0.2, -0.15) is 0 Å². The van der Waals surface area contributed by atoms with Crippen LogP contribution in [0, 0.1) is 5.82 Å². The number of hydrogen-bond acceptors (Lipinski definition) is 5. The van der Waals surface area contributed by atoms with Gasteiger partial charge in [0.2, 0.25) is 5.88 Å². The first-order valence-electron chi connectivity index (χ1n) is 7.37. The van der Waals surface area contributed by atoms with E-state index in [1.165, 1.54) is 37.4 Å². The average molecular weight is 332 g/mol. The molecule has 0 unspecified atom stereocenters. The predicted octanol–water partition coefficient (Wildman–Crippen LogP) is 2.80. The Bertz CT molecular complexity index is 736. The topological polar surface area (TPSA) is 77.5 Å². The van der Waals surface area contributed by atoms with Gasteiger partial charge in [0.15, 0.2) is 6.10 Å². The average Bonchev–Trinajstić information content (AvgIpc) is 2.57. The van der Waals surface area contributed by atoms with E-state index in [0.717, 1.165) is 0 Å². The lowest BCUT2D eigenvalue weighted by atomic mass is 10.2. The smallest absolute Gasteiger partial charge is 0.344 e. The summed E-state index contributed by atoms with van der Waals surface area (Å²) in [5.41, 5.74) is 0.131. The summed E-state index contributed by atoms with van der Waals surface area (Å²) in [5.74, 6) is -1.83. The van der Waals surface area contributed by atoms with Crippen LogP contribution in [0.15, 0.2) is 42.6 Å². The van der Waals surface area contributed by atoms with Crippen molar-refractivity contribution in [1.82, 2.24) is 4.98 Å². The monoisotopic (exact) mass is 332 g/mol. The second-order valence-electron chi connectivity index (χ2n) is 4.81. The van der Waals surface area contributed by atoms with E-state index in [1.807, 2.05) is 0 Å². The van der Waals surface area contributed by atoms with E-state index in [4.69, 9.17) is 9.47 Å². The van der Waals surface area contributed by atoms with Crippen molar-refractivity contribution < 1.29 is 23.5 Å². The van der Waals surface area contributed by atoms with Gasteiger partial charge in [-0.3, -0.25) is 4.79 Å². The summed E-state index contributed by atoms with van der Waals surface area (Å²) in [5, 5.41) is 2.37. The zero-order chi connectivity index (χ0) is 17.5. The highest BCUT2D eigenvalue weighted by Gasteiger charge is 2.22. The molecule has 0 aliphatic carbocycles. The van der Waals surface area contributed by atoms with Crippen molar-refractivity contribution in [3.63, 3.8) is 0 Å². The number of anilines is 1. The van der Waals surface area contributed by atoms with Gasteiger partial charge in [0.05, 0.1) is 12.3 Å². The van der Waals surface area contributed by atoms with Crippen molar-refractivity contribution in [2.75, 3.05) is 11.9 Å². The van der Waals surface area contributed by atoms with E-state index >= 15 is 0 Å². The number of carbonyl (C=O) groups is 2. The molecule has 0 aliphatic rings. The number of ether oxygens (including phenoxy) is 2. The van der Waals surface area contributed by atoms with Gasteiger partial charge < -0.3 is 14.8 Å². The first kappa shape index (κ1) is 17.4. The number of esters is 1. The van der Waals surface area contributed by atoms with Crippen molar-refractivity contribution in [2.45, 2.75) is 20.0 Å². The molecule has 0 saturated heterocycles. The van der Waals surface area contributed by atoms with Crippen LogP contribution in [0.2, 0.25) is 0 Å². The first-order valence-corrected chi connectivity index (χ1v) is 7.37. The van der Waals surface area contributed by atoms with E-state index in [9.17, 15) is 14.0 Å². The van der Waals surface area contributed by atoms with Gasteiger partial charge in [0, 0.05) is 6.20 Å². The molecule has 2 rings (SSSR count). The Morgan fingerprint density at radius 3 is 2.71 bits per heavy atom. The van der Waals surface area contributed by atoms with Crippen LogP contribution >= 0.6 is 0 Å². The molecule has 1 heterocycles. The third-order valence-electron chi connectivity index (χ3n) is 3.06. The van der Waals surface area contributed by atoms with Gasteiger partial charge in [-0.05, 0) is 38.1 Å². The summed E-state index contributed by atoms with van der Waals surface area (Å²) in [4.78, 5) is 28.2. The molecule has 0 saturated carbocycles. The zero-order valence-corrected chi connectivity index (χ0v) is 13.3. The van der Waals surface area contributed by atoms with Crippen molar-refractivity contribution in [2.24, 2.45) is 0 Å². The molecule has 1 aromatic heterocycles. The van der Waals surface area contributed by atoms with Gasteiger partial charge >= 0.3 is 5.97 Å². The van der Waals surface area contributed by atoms with Gasteiger partial charge in [-0.25, -0.2) is 14.2 Å². The lowest BCUT2D eigenvalue weighted by Gasteiger charge is -2.15. The van der Waals surface area contributed by atoms with Crippen LogP contribution in [0.1, 0.15) is 24.2 Å². The number of amides is 1. The van der Waals surface area contributed by atoms with Crippen molar-refractivity contribution in [3.8, 4) is 5.88 Å². The number of rotatable bonds is 6. The molecular weight excluding hydrogens is 315 g/mol. The number of benzene rings is 1. The minimum absolute atomic E-state index is 0.0155. The quantitative estimate of drug-likeness (QED) is 0.823. The molecule has 0 spiro atoms. The largest absolute Gasteiger partial charge is 0.477 e. The number of carbonyl (C=O) groups excluding carboxylic acids is 2. The van der Waals surface area contributed by atoms with Crippen molar-refractivity contribution in [3.05, 3.63) is 54.0 Å². The molecular formula is C17H17FN2O4. The fourth-order valence-corrected chi connectivity index (χ4v) is 1.87. The summed E-state index contributed by atoms with van der Waals surface area (Å²) >= 11 is 0. The van der Waals surface area contributed by atoms with Crippen molar-refractivity contribution >= 4 is 17.6 Å². The minimum Gasteiger partial charge on any atom is -0.477 e. The number of hydrogen-bond donors (Lipinski definition) is 1. The second-order valence-corrected chi connectivity index (χ2v) is 4.81. The van der Waals surface area contributed by atoms with Crippen LogP contribution in [0.5, 0.6) is 5.88 Å². The third-order valence-corrected chi connectivity index (χ3v) is 3.06. The van der Waals surface area contributed by atoms with Crippen LogP contribution in [-0.2, 0) is 9.53 Å². The fraction of sp³-hybridized carbons (Fsp3) is 0.235. The standard InChI is InChI=1S/C17H17FN2O4/c1-3-23-16-12(7-6-10-19-16)17(22)24-11(2)15(21)20-14-9-5-4-8-13(14)18/h4-11H,3H2,1-2H3,(H,20,21)/t11-/m0/s1. The summed E-state index contributed by atoms with van der Waals surface area (Å²) in [6.45, 7) is 3.49.